The Kier molecular flexibility index (Phi) is 7.27. The lowest BCUT2D eigenvalue weighted by Crippen LogP contribution is -2.44. The normalized spacial score (nSPS) is 18.8. The Morgan fingerprint density at radius 3 is 2.64 bits per heavy atom. The molecule has 2 atom stereocenters. The first-order valence-corrected chi connectivity index (χ1v) is 12.7. The molecule has 1 aromatic carbocycles. The molecular weight excluding hydrogens is 507 g/mol. The second-order valence-electron chi connectivity index (χ2n) is 8.57. The number of piperidine rings is 1. The molecule has 0 saturated carbocycles. The van der Waals surface area contributed by atoms with E-state index in [1.165, 1.54) is 12.3 Å². The van der Waals surface area contributed by atoms with Crippen molar-refractivity contribution in [3.05, 3.63) is 41.8 Å². The average molecular weight is 531 g/mol. The highest BCUT2D eigenvalue weighted by atomic mass is 32.2. The summed E-state index contributed by atoms with van der Waals surface area (Å²) in [5.41, 5.74) is 1.91. The number of aromatic nitrogens is 3. The van der Waals surface area contributed by atoms with Crippen molar-refractivity contribution >= 4 is 32.7 Å². The average Bonchev–Trinajstić information content (AvgIpc) is 2.79. The molecule has 1 fully saturated rings. The maximum absolute atomic E-state index is 14.6. The Hall–Kier alpha value is -3.13. The first kappa shape index (κ1) is 25.9. The molecule has 0 bridgehead atoms. The second kappa shape index (κ2) is 10.1. The molecule has 0 radical (unpaired) electrons. The van der Waals surface area contributed by atoms with Gasteiger partial charge in [0.25, 0.3) is 0 Å². The van der Waals surface area contributed by atoms with Gasteiger partial charge in [0, 0.05) is 31.1 Å². The van der Waals surface area contributed by atoms with E-state index in [0.717, 1.165) is 12.1 Å². The summed E-state index contributed by atoms with van der Waals surface area (Å²) in [6.45, 7) is 2.68. The van der Waals surface area contributed by atoms with Crippen LogP contribution in [-0.2, 0) is 10.0 Å². The number of aryl methyl sites for hydroxylation is 1. The van der Waals surface area contributed by atoms with Crippen LogP contribution >= 0.6 is 0 Å². The van der Waals surface area contributed by atoms with Crippen LogP contribution in [-0.4, -0.2) is 60.6 Å². The summed E-state index contributed by atoms with van der Waals surface area (Å²) in [6.07, 6.45) is -5.32. The molecule has 1 aliphatic rings. The predicted octanol–water partition coefficient (Wildman–Crippen LogP) is 3.95. The highest BCUT2D eigenvalue weighted by molar-refractivity contribution is 7.92. The number of nitrogens with one attached hydrogen (secondary N) is 3. The van der Waals surface area contributed by atoms with E-state index in [1.807, 2.05) is 4.72 Å². The number of pyridine rings is 1. The zero-order chi connectivity index (χ0) is 26.1. The fourth-order valence-corrected chi connectivity index (χ4v) is 4.91. The molecule has 1 saturated heterocycles. The molecule has 0 amide bonds. The van der Waals surface area contributed by atoms with E-state index in [0.29, 0.717) is 53.3 Å². The van der Waals surface area contributed by atoms with Gasteiger partial charge in [-0.2, -0.15) is 13.2 Å². The zero-order valence-corrected chi connectivity index (χ0v) is 19.8. The van der Waals surface area contributed by atoms with Gasteiger partial charge in [-0.1, -0.05) is 6.07 Å². The fraction of sp³-hybridized carbons (Fsp3) is 0.409. The van der Waals surface area contributed by atoms with E-state index in [4.69, 9.17) is 0 Å². The third-order valence-electron chi connectivity index (χ3n) is 5.55. The molecule has 1 aliphatic heterocycles. The van der Waals surface area contributed by atoms with Crippen LogP contribution in [0.5, 0.6) is 0 Å². The largest absolute Gasteiger partial charge is 0.390 e. The van der Waals surface area contributed by atoms with Gasteiger partial charge in [-0.25, -0.2) is 32.2 Å². The minimum absolute atomic E-state index is 0.161. The number of halogens is 5. The predicted molar refractivity (Wildman–Crippen MR) is 125 cm³/mol. The molecule has 0 unspecified atom stereocenters. The molecule has 36 heavy (non-hydrogen) atoms. The maximum atomic E-state index is 14.6. The first-order valence-electron chi connectivity index (χ1n) is 11.0. The SMILES string of the molecule is Cc1cc(-c2ccc(NS(=O)(=O)CCC(F)(F)F)c(F)c2)nc2cnc(N[C@@H]3CNC[C@@H](F)C3)nc12. The topological polar surface area (TPSA) is 109 Å². The highest BCUT2D eigenvalue weighted by Gasteiger charge is 2.30. The number of sulfonamides is 1. The number of rotatable bonds is 7. The van der Waals surface area contributed by atoms with Crippen molar-refractivity contribution in [2.45, 2.75) is 38.2 Å². The lowest BCUT2D eigenvalue weighted by atomic mass is 10.1. The number of nitrogens with zero attached hydrogens (tertiary/aromatic N) is 3. The zero-order valence-electron chi connectivity index (χ0n) is 19.0. The van der Waals surface area contributed by atoms with Crippen molar-refractivity contribution < 1.29 is 30.4 Å². The standard InChI is InChI=1S/C22H23F5N6O2S/c1-12-6-18(13-2-3-17(16(24)7-13)33-36(34,35)5-4-22(25,26)27)31-19-11-29-21(32-20(12)19)30-15-8-14(23)9-28-10-15/h2-3,6-7,11,14-15,28,33H,4-5,8-10H2,1H3,(H,29,30,32)/t14-,15-/m0/s1. The number of fused-ring (bicyclic) bond motifs is 1. The number of hydrogen-bond donors (Lipinski definition) is 3. The fourth-order valence-electron chi connectivity index (χ4n) is 3.81. The molecule has 2 aromatic heterocycles. The van der Waals surface area contributed by atoms with Crippen molar-refractivity contribution in [1.29, 1.82) is 0 Å². The summed E-state index contributed by atoms with van der Waals surface area (Å²) in [4.78, 5) is 13.2. The van der Waals surface area contributed by atoms with E-state index >= 15 is 0 Å². The summed E-state index contributed by atoms with van der Waals surface area (Å²) in [5, 5.41) is 6.10. The highest BCUT2D eigenvalue weighted by Crippen LogP contribution is 2.28. The number of alkyl halides is 4. The van der Waals surface area contributed by atoms with Crippen molar-refractivity contribution in [3.8, 4) is 11.3 Å². The third-order valence-corrected chi connectivity index (χ3v) is 6.82. The van der Waals surface area contributed by atoms with Gasteiger partial charge >= 0.3 is 6.18 Å². The molecule has 0 aliphatic carbocycles. The van der Waals surface area contributed by atoms with Gasteiger partial charge in [0.15, 0.2) is 0 Å². The summed E-state index contributed by atoms with van der Waals surface area (Å²) < 4.78 is 90.8. The summed E-state index contributed by atoms with van der Waals surface area (Å²) >= 11 is 0. The van der Waals surface area contributed by atoms with Gasteiger partial charge in [-0.05, 0) is 30.7 Å². The molecule has 4 rings (SSSR count). The van der Waals surface area contributed by atoms with E-state index in [2.05, 4.69) is 25.6 Å². The molecule has 14 heteroatoms. The van der Waals surface area contributed by atoms with Crippen LogP contribution in [0.2, 0.25) is 0 Å². The maximum Gasteiger partial charge on any atom is 0.390 e. The molecule has 0 spiro atoms. The smallest absolute Gasteiger partial charge is 0.350 e. The van der Waals surface area contributed by atoms with Crippen LogP contribution in [0.4, 0.5) is 33.6 Å². The monoisotopic (exact) mass is 530 g/mol. The number of anilines is 2. The molecular formula is C22H23F5N6O2S. The number of hydrogen-bond acceptors (Lipinski definition) is 7. The van der Waals surface area contributed by atoms with Crippen LogP contribution in [0.1, 0.15) is 18.4 Å². The van der Waals surface area contributed by atoms with Crippen LogP contribution < -0.4 is 15.4 Å². The summed E-state index contributed by atoms with van der Waals surface area (Å²) in [6, 6.07) is 5.07. The van der Waals surface area contributed by atoms with Crippen molar-refractivity contribution in [2.24, 2.45) is 0 Å². The van der Waals surface area contributed by atoms with Crippen molar-refractivity contribution in [3.63, 3.8) is 0 Å². The third kappa shape index (κ3) is 6.55. The summed E-state index contributed by atoms with van der Waals surface area (Å²) in [5.74, 6) is -1.86. The van der Waals surface area contributed by atoms with E-state index < -0.39 is 46.0 Å². The molecule has 8 nitrogen and oxygen atoms in total. The molecule has 3 heterocycles. The van der Waals surface area contributed by atoms with Crippen molar-refractivity contribution in [1.82, 2.24) is 20.3 Å². The number of benzene rings is 1. The Morgan fingerprint density at radius 2 is 1.94 bits per heavy atom. The Morgan fingerprint density at radius 1 is 1.17 bits per heavy atom. The van der Waals surface area contributed by atoms with E-state index in [1.54, 1.807) is 13.0 Å². The summed E-state index contributed by atoms with van der Waals surface area (Å²) in [7, 11) is -4.39. The van der Waals surface area contributed by atoms with Gasteiger partial charge < -0.3 is 10.6 Å². The lowest BCUT2D eigenvalue weighted by Gasteiger charge is -2.26. The van der Waals surface area contributed by atoms with Gasteiger partial charge in [-0.3, -0.25) is 4.72 Å². The van der Waals surface area contributed by atoms with E-state index in [-0.39, 0.29) is 6.04 Å². The molecule has 3 N–H and O–H groups in total. The van der Waals surface area contributed by atoms with Gasteiger partial charge in [0.05, 0.1) is 35.3 Å². The van der Waals surface area contributed by atoms with Crippen LogP contribution in [0.3, 0.4) is 0 Å². The lowest BCUT2D eigenvalue weighted by molar-refractivity contribution is -0.129. The Bertz CT molecular complexity index is 1370. The van der Waals surface area contributed by atoms with Crippen LogP contribution in [0.15, 0.2) is 30.5 Å². The Labute approximate surface area is 203 Å². The van der Waals surface area contributed by atoms with Gasteiger partial charge in [0.2, 0.25) is 16.0 Å². The first-order chi connectivity index (χ1) is 16.9. The van der Waals surface area contributed by atoms with Crippen LogP contribution in [0.25, 0.3) is 22.3 Å². The van der Waals surface area contributed by atoms with Gasteiger partial charge in [-0.15, -0.1) is 0 Å². The quantitative estimate of drug-likeness (QED) is 0.397. The second-order valence-corrected chi connectivity index (χ2v) is 10.4. The minimum atomic E-state index is -4.65. The van der Waals surface area contributed by atoms with Crippen LogP contribution in [0, 0.1) is 12.7 Å². The van der Waals surface area contributed by atoms with E-state index in [9.17, 15) is 30.4 Å². The molecule has 3 aromatic rings. The minimum Gasteiger partial charge on any atom is -0.350 e. The van der Waals surface area contributed by atoms with Crippen molar-refractivity contribution in [2.75, 3.05) is 28.9 Å². The Balaban J connectivity index is 1.53. The van der Waals surface area contributed by atoms with Gasteiger partial charge in [0.1, 0.15) is 17.5 Å². The molecule has 194 valence electrons.